The molecule has 2 aliphatic heterocycles. The number of pyridine rings is 1. The predicted molar refractivity (Wildman–Crippen MR) is 121 cm³/mol. The first-order chi connectivity index (χ1) is 15.6. The quantitative estimate of drug-likeness (QED) is 0.598. The first kappa shape index (κ1) is 19.8. The number of carbonyl (C=O) groups is 1. The Bertz CT molecular complexity index is 1180. The molecule has 1 aromatic carbocycles. The molecular weight excluding hydrogens is 428 g/mol. The van der Waals surface area contributed by atoms with Gasteiger partial charge in [-0.3, -0.25) is 9.20 Å². The topological polar surface area (TPSA) is 83.8 Å². The highest BCUT2D eigenvalue weighted by Gasteiger charge is 2.53. The van der Waals surface area contributed by atoms with Crippen LogP contribution in [0.3, 0.4) is 0 Å². The van der Waals surface area contributed by atoms with Crippen LogP contribution in [-0.4, -0.2) is 64.2 Å². The molecule has 1 amide bonds. The second-order valence-electron chi connectivity index (χ2n) is 9.20. The number of anilines is 1. The summed E-state index contributed by atoms with van der Waals surface area (Å²) in [5.41, 5.74) is 3.84. The number of hydrogen-bond acceptors (Lipinski definition) is 6. The molecule has 1 saturated heterocycles. The van der Waals surface area contributed by atoms with Crippen molar-refractivity contribution >= 4 is 28.8 Å². The number of nitrogens with zero attached hydrogens (tertiary/aromatic N) is 4. The Morgan fingerprint density at radius 3 is 3.03 bits per heavy atom. The van der Waals surface area contributed by atoms with Crippen molar-refractivity contribution in [1.29, 1.82) is 0 Å². The van der Waals surface area contributed by atoms with Crippen molar-refractivity contribution in [3.8, 4) is 5.75 Å². The molecule has 3 aromatic rings. The monoisotopic (exact) mass is 452 g/mol. The summed E-state index contributed by atoms with van der Waals surface area (Å²) in [6, 6.07) is 7.74. The fraction of sp³-hybridized carbons (Fsp3) is 0.435. The van der Waals surface area contributed by atoms with Gasteiger partial charge in [0.25, 0.3) is 5.91 Å². The molecule has 8 nitrogen and oxygen atoms in total. The van der Waals surface area contributed by atoms with Crippen LogP contribution in [-0.2, 0) is 6.42 Å². The van der Waals surface area contributed by atoms with Crippen molar-refractivity contribution < 1.29 is 9.53 Å². The number of nitrogens with one attached hydrogen (secondary N) is 2. The zero-order valence-corrected chi connectivity index (χ0v) is 18.4. The lowest BCUT2D eigenvalue weighted by molar-refractivity contribution is -0.117. The minimum atomic E-state index is -0.101. The SMILES string of the molecule is O=C1NCCc2c(OC3CC4(C3)CN(CCNc3ccn5cnnc5c3)C4)ccc(Cl)c21. The number of rotatable bonds is 6. The van der Waals surface area contributed by atoms with Gasteiger partial charge in [-0.05, 0) is 37.5 Å². The molecular formula is C23H25ClN6O2. The molecule has 0 unspecified atom stereocenters. The molecule has 3 aliphatic rings. The zero-order chi connectivity index (χ0) is 21.7. The van der Waals surface area contributed by atoms with Gasteiger partial charge in [-0.25, -0.2) is 0 Å². The van der Waals surface area contributed by atoms with Crippen LogP contribution in [0.1, 0.15) is 28.8 Å². The molecule has 1 spiro atoms. The molecule has 0 bridgehead atoms. The van der Waals surface area contributed by atoms with Gasteiger partial charge in [0.15, 0.2) is 5.65 Å². The lowest BCUT2D eigenvalue weighted by atomic mass is 9.61. The van der Waals surface area contributed by atoms with E-state index in [0.717, 1.165) is 68.1 Å². The smallest absolute Gasteiger partial charge is 0.253 e. The van der Waals surface area contributed by atoms with Crippen molar-refractivity contribution in [2.24, 2.45) is 5.41 Å². The molecule has 4 heterocycles. The lowest BCUT2D eigenvalue weighted by Crippen LogP contribution is -2.65. The van der Waals surface area contributed by atoms with Gasteiger partial charge in [-0.1, -0.05) is 11.6 Å². The average molecular weight is 453 g/mol. The highest BCUT2D eigenvalue weighted by Crippen LogP contribution is 2.50. The fourth-order valence-corrected chi connectivity index (χ4v) is 5.63. The van der Waals surface area contributed by atoms with E-state index < -0.39 is 0 Å². The summed E-state index contributed by atoms with van der Waals surface area (Å²) in [5, 5.41) is 14.8. The van der Waals surface area contributed by atoms with Gasteiger partial charge in [-0.15, -0.1) is 10.2 Å². The Labute approximate surface area is 190 Å². The highest BCUT2D eigenvalue weighted by molar-refractivity contribution is 6.34. The van der Waals surface area contributed by atoms with Gasteiger partial charge in [0.05, 0.1) is 16.7 Å². The van der Waals surface area contributed by atoms with E-state index in [-0.39, 0.29) is 12.0 Å². The van der Waals surface area contributed by atoms with E-state index in [2.05, 4.69) is 25.7 Å². The van der Waals surface area contributed by atoms with Crippen molar-refractivity contribution in [2.75, 3.05) is 38.0 Å². The van der Waals surface area contributed by atoms with Crippen LogP contribution in [0.4, 0.5) is 5.69 Å². The Morgan fingerprint density at radius 2 is 2.16 bits per heavy atom. The van der Waals surface area contributed by atoms with Crippen LogP contribution in [0, 0.1) is 5.41 Å². The summed E-state index contributed by atoms with van der Waals surface area (Å²) < 4.78 is 8.20. The van der Waals surface area contributed by atoms with E-state index in [1.807, 2.05) is 28.8 Å². The van der Waals surface area contributed by atoms with E-state index in [4.69, 9.17) is 16.3 Å². The standard InChI is InChI=1S/C23H25ClN6O2/c24-18-1-2-19(17-3-5-26-22(31)21(17)18)32-16-10-23(11-16)12-29(13-23)8-6-25-15-4-7-30-14-27-28-20(30)9-15/h1-2,4,7,9,14,16,25H,3,5-6,8,10-13H2,(H,26,31). The molecule has 6 rings (SSSR count). The van der Waals surface area contributed by atoms with Crippen LogP contribution in [0.25, 0.3) is 5.65 Å². The molecule has 166 valence electrons. The summed E-state index contributed by atoms with van der Waals surface area (Å²) in [5.74, 6) is 0.723. The second kappa shape index (κ2) is 7.64. The van der Waals surface area contributed by atoms with Crippen LogP contribution in [0.2, 0.25) is 5.02 Å². The molecule has 0 radical (unpaired) electrons. The number of halogens is 1. The first-order valence-electron chi connectivity index (χ1n) is 11.1. The Kier molecular flexibility index (Phi) is 4.73. The number of benzene rings is 1. The largest absolute Gasteiger partial charge is 0.490 e. The van der Waals surface area contributed by atoms with Crippen molar-refractivity contribution in [1.82, 2.24) is 24.8 Å². The average Bonchev–Trinajstić information content (AvgIpc) is 3.20. The van der Waals surface area contributed by atoms with Crippen LogP contribution < -0.4 is 15.4 Å². The van der Waals surface area contributed by atoms with E-state index in [0.29, 0.717) is 22.5 Å². The van der Waals surface area contributed by atoms with E-state index >= 15 is 0 Å². The zero-order valence-electron chi connectivity index (χ0n) is 17.7. The maximum atomic E-state index is 12.2. The van der Waals surface area contributed by atoms with E-state index in [9.17, 15) is 4.79 Å². The van der Waals surface area contributed by atoms with Gasteiger partial charge in [0.1, 0.15) is 12.1 Å². The van der Waals surface area contributed by atoms with Gasteiger partial charge in [0, 0.05) is 61.7 Å². The summed E-state index contributed by atoms with van der Waals surface area (Å²) >= 11 is 6.25. The molecule has 32 heavy (non-hydrogen) atoms. The maximum Gasteiger partial charge on any atom is 0.253 e. The second-order valence-corrected chi connectivity index (χ2v) is 9.61. The molecule has 2 aromatic heterocycles. The normalized spacial score (nSPS) is 19.8. The highest BCUT2D eigenvalue weighted by atomic mass is 35.5. The minimum Gasteiger partial charge on any atom is -0.490 e. The van der Waals surface area contributed by atoms with Crippen molar-refractivity contribution in [3.05, 3.63) is 52.9 Å². The first-order valence-corrected chi connectivity index (χ1v) is 11.5. The summed E-state index contributed by atoms with van der Waals surface area (Å²) in [4.78, 5) is 14.7. The number of likely N-dealkylation sites (tertiary alicyclic amines) is 1. The Morgan fingerprint density at radius 1 is 1.28 bits per heavy atom. The van der Waals surface area contributed by atoms with Crippen LogP contribution in [0.5, 0.6) is 5.75 Å². The molecule has 9 heteroatoms. The summed E-state index contributed by atoms with van der Waals surface area (Å²) in [6.07, 6.45) is 6.80. The Hall–Kier alpha value is -2.84. The minimum absolute atomic E-state index is 0.101. The summed E-state index contributed by atoms with van der Waals surface area (Å²) in [7, 11) is 0. The van der Waals surface area contributed by atoms with Crippen molar-refractivity contribution in [3.63, 3.8) is 0 Å². The molecule has 1 aliphatic carbocycles. The molecule has 0 atom stereocenters. The van der Waals surface area contributed by atoms with Crippen LogP contribution >= 0.6 is 11.6 Å². The fourth-order valence-electron chi connectivity index (χ4n) is 5.37. The van der Waals surface area contributed by atoms with E-state index in [1.54, 1.807) is 12.4 Å². The number of ether oxygens (including phenoxy) is 1. The van der Waals surface area contributed by atoms with Crippen molar-refractivity contribution in [2.45, 2.75) is 25.4 Å². The molecule has 1 saturated carbocycles. The summed E-state index contributed by atoms with van der Waals surface area (Å²) in [6.45, 7) is 4.80. The molecule has 2 N–H and O–H groups in total. The van der Waals surface area contributed by atoms with Gasteiger partial charge in [0.2, 0.25) is 0 Å². The number of fused-ring (bicyclic) bond motifs is 2. The van der Waals surface area contributed by atoms with E-state index in [1.165, 1.54) is 0 Å². The maximum absolute atomic E-state index is 12.2. The predicted octanol–water partition coefficient (Wildman–Crippen LogP) is 2.62. The Balaban J connectivity index is 0.978. The lowest BCUT2D eigenvalue weighted by Gasteiger charge is -2.58. The number of hydrogen-bond donors (Lipinski definition) is 2. The van der Waals surface area contributed by atoms with Gasteiger partial charge in [-0.2, -0.15) is 0 Å². The van der Waals surface area contributed by atoms with Gasteiger partial charge < -0.3 is 20.3 Å². The third-order valence-corrected chi connectivity index (χ3v) is 7.21. The number of carbonyl (C=O) groups excluding carboxylic acids is 1. The van der Waals surface area contributed by atoms with Crippen LogP contribution in [0.15, 0.2) is 36.8 Å². The number of aromatic nitrogens is 3. The van der Waals surface area contributed by atoms with Gasteiger partial charge >= 0.3 is 0 Å². The third kappa shape index (κ3) is 3.47. The number of amides is 1. The third-order valence-electron chi connectivity index (χ3n) is 6.90. The molecule has 2 fully saturated rings.